The largest absolute Gasteiger partial charge is 0.481 e. The highest BCUT2D eigenvalue weighted by Gasteiger charge is 2.33. The van der Waals surface area contributed by atoms with Crippen LogP contribution in [0.4, 0.5) is 8.78 Å². The second-order valence-corrected chi connectivity index (χ2v) is 14.9. The van der Waals surface area contributed by atoms with Crippen LogP contribution in [-0.2, 0) is 23.1 Å². The zero-order valence-electron chi connectivity index (χ0n) is 27.3. The van der Waals surface area contributed by atoms with E-state index in [2.05, 4.69) is 47.9 Å². The Bertz CT molecular complexity index is 1920. The van der Waals surface area contributed by atoms with Crippen LogP contribution >= 0.6 is 11.8 Å². The second-order valence-electron chi connectivity index (χ2n) is 13.8. The molecule has 6 rings (SSSR count). The third-order valence-electron chi connectivity index (χ3n) is 9.50. The van der Waals surface area contributed by atoms with Gasteiger partial charge in [0.05, 0.1) is 11.5 Å². The fraction of sp³-hybridized carbons (Fsp3) is 0.368. The van der Waals surface area contributed by atoms with E-state index in [1.807, 2.05) is 30.0 Å². The Morgan fingerprint density at radius 2 is 1.91 bits per heavy atom. The molecule has 2 atom stereocenters. The molecule has 2 aromatic heterocycles. The van der Waals surface area contributed by atoms with E-state index in [0.29, 0.717) is 29.9 Å². The van der Waals surface area contributed by atoms with Crippen molar-refractivity contribution in [2.75, 3.05) is 11.5 Å². The Morgan fingerprint density at radius 3 is 2.72 bits per heavy atom. The summed E-state index contributed by atoms with van der Waals surface area (Å²) in [7, 11) is 0. The normalized spacial score (nSPS) is 19.3. The molecule has 9 heteroatoms. The number of carbonyl (C=O) groups is 1. The number of nitrogens with one attached hydrogen (secondary N) is 2. The van der Waals surface area contributed by atoms with Gasteiger partial charge in [-0.05, 0) is 84.9 Å². The number of fused-ring (bicyclic) bond motifs is 8. The molecule has 0 aliphatic carbocycles. The minimum atomic E-state index is -0.826. The van der Waals surface area contributed by atoms with Gasteiger partial charge in [0, 0.05) is 46.0 Å². The lowest BCUT2D eigenvalue weighted by Gasteiger charge is -2.32. The number of carboxylic acid groups (broad SMARTS) is 1. The van der Waals surface area contributed by atoms with Crippen molar-refractivity contribution in [3.05, 3.63) is 101 Å². The van der Waals surface area contributed by atoms with Crippen LogP contribution in [0.25, 0.3) is 22.3 Å². The highest BCUT2D eigenvalue weighted by atomic mass is 32.2. The summed E-state index contributed by atoms with van der Waals surface area (Å²) in [5, 5.41) is 10.4. The molecular formula is C38H41F2N3O3S. The van der Waals surface area contributed by atoms with Gasteiger partial charge in [0.25, 0.3) is 0 Å². The number of ether oxygens (including phenoxy) is 1. The van der Waals surface area contributed by atoms with Crippen molar-refractivity contribution in [2.45, 2.75) is 65.2 Å². The lowest BCUT2D eigenvalue weighted by molar-refractivity contribution is -0.141. The molecule has 6 nitrogen and oxygen atoms in total. The molecule has 0 fully saturated rings. The molecule has 1 aliphatic heterocycles. The summed E-state index contributed by atoms with van der Waals surface area (Å²) in [6, 6.07) is 15.9. The zero-order valence-corrected chi connectivity index (χ0v) is 28.1. The Labute approximate surface area is 278 Å². The summed E-state index contributed by atoms with van der Waals surface area (Å²) < 4.78 is 37.2. The molecule has 3 aromatic carbocycles. The van der Waals surface area contributed by atoms with Gasteiger partial charge in [0.1, 0.15) is 17.4 Å². The number of thioether (sulfide) groups is 1. The standard InChI is InChI=1S/C38H41F2N3O3S/c1-23(36(44)45)17-24-7-5-8-25(18-24)38(4)14-6-13-37(2,3)22-47-16-12-28-27-11-15-41-32(27)20-31(40)34(28)46-26-9-10-30(39)29(19-26)35-42-21-33(38)43-35/h5,7-11,15,18-21,23,41H,6,12-14,16-17,22H2,1-4H3,(H,42,43)(H,44,45). The number of H-pyrrole nitrogens is 2. The minimum absolute atomic E-state index is 0.0557. The van der Waals surface area contributed by atoms with E-state index in [9.17, 15) is 9.90 Å². The third-order valence-corrected chi connectivity index (χ3v) is 11.0. The van der Waals surface area contributed by atoms with E-state index < -0.39 is 28.9 Å². The van der Waals surface area contributed by atoms with Gasteiger partial charge in [0.15, 0.2) is 11.6 Å². The molecule has 2 unspecified atom stereocenters. The maximum atomic E-state index is 15.6. The molecule has 4 bridgehead atoms. The van der Waals surface area contributed by atoms with Gasteiger partial charge in [-0.25, -0.2) is 13.8 Å². The Morgan fingerprint density at radius 1 is 1.09 bits per heavy atom. The van der Waals surface area contributed by atoms with E-state index in [1.54, 1.807) is 25.4 Å². The summed E-state index contributed by atoms with van der Waals surface area (Å²) in [6.45, 7) is 8.46. The van der Waals surface area contributed by atoms with E-state index in [0.717, 1.165) is 58.5 Å². The molecule has 0 amide bonds. The van der Waals surface area contributed by atoms with Gasteiger partial charge in [0.2, 0.25) is 0 Å². The quantitative estimate of drug-likeness (QED) is 0.179. The smallest absolute Gasteiger partial charge is 0.306 e. The summed E-state index contributed by atoms with van der Waals surface area (Å²) in [5.74, 6) is 0.280. The van der Waals surface area contributed by atoms with E-state index in [1.165, 1.54) is 18.2 Å². The summed E-state index contributed by atoms with van der Waals surface area (Å²) in [4.78, 5) is 22.8. The van der Waals surface area contributed by atoms with Gasteiger partial charge in [-0.2, -0.15) is 11.8 Å². The second kappa shape index (κ2) is 13.2. The molecule has 0 saturated carbocycles. The van der Waals surface area contributed by atoms with Crippen molar-refractivity contribution < 1.29 is 23.4 Å². The Balaban J connectivity index is 1.43. The van der Waals surface area contributed by atoms with E-state index >= 15 is 8.78 Å². The number of rotatable bonds is 4. The number of aliphatic carboxylic acids is 1. The minimum Gasteiger partial charge on any atom is -0.481 e. The molecular weight excluding hydrogens is 616 g/mol. The molecule has 5 aromatic rings. The first kappa shape index (κ1) is 32.8. The fourth-order valence-corrected chi connectivity index (χ4v) is 7.81. The molecule has 3 heterocycles. The summed E-state index contributed by atoms with van der Waals surface area (Å²) >= 11 is 1.86. The van der Waals surface area contributed by atoms with Gasteiger partial charge in [-0.3, -0.25) is 4.79 Å². The van der Waals surface area contributed by atoms with Crippen LogP contribution in [0.3, 0.4) is 0 Å². The molecule has 246 valence electrons. The lowest BCUT2D eigenvalue weighted by Crippen LogP contribution is -2.26. The topological polar surface area (TPSA) is 91.0 Å². The number of halogens is 2. The van der Waals surface area contributed by atoms with Crippen LogP contribution in [0, 0.1) is 23.0 Å². The number of nitrogens with zero attached hydrogens (tertiary/aromatic N) is 1. The molecule has 1 aliphatic rings. The number of carboxylic acids is 1. The van der Waals surface area contributed by atoms with E-state index in [-0.39, 0.29) is 16.7 Å². The Kier molecular flexibility index (Phi) is 9.20. The fourth-order valence-electron chi connectivity index (χ4n) is 6.62. The average Bonchev–Trinajstić information content (AvgIpc) is 3.71. The zero-order chi connectivity index (χ0) is 33.3. The van der Waals surface area contributed by atoms with Crippen molar-refractivity contribution in [3.63, 3.8) is 0 Å². The van der Waals surface area contributed by atoms with Crippen LogP contribution in [0.2, 0.25) is 0 Å². The lowest BCUT2D eigenvalue weighted by atomic mass is 9.73. The third kappa shape index (κ3) is 6.96. The number of aromatic nitrogens is 3. The first-order valence-corrected chi connectivity index (χ1v) is 17.3. The van der Waals surface area contributed by atoms with Crippen LogP contribution in [-0.4, -0.2) is 37.5 Å². The highest BCUT2D eigenvalue weighted by molar-refractivity contribution is 7.99. The number of hydrogen-bond acceptors (Lipinski definition) is 4. The SMILES string of the molecule is CC(Cc1cccc(C2(C)CCCC(C)(C)CSCCc3c(c(F)cc4[nH]ccc34)Oc3ccc(F)c(c3)-c3ncc2[nH]3)c1)C(=O)O. The van der Waals surface area contributed by atoms with Crippen molar-refractivity contribution in [3.8, 4) is 22.9 Å². The predicted molar refractivity (Wildman–Crippen MR) is 184 cm³/mol. The van der Waals surface area contributed by atoms with Gasteiger partial charge < -0.3 is 19.8 Å². The number of benzene rings is 3. The molecule has 0 radical (unpaired) electrons. The van der Waals surface area contributed by atoms with Gasteiger partial charge in [-0.1, -0.05) is 51.5 Å². The van der Waals surface area contributed by atoms with Crippen molar-refractivity contribution in [1.29, 1.82) is 0 Å². The maximum absolute atomic E-state index is 15.6. The molecule has 0 saturated heterocycles. The van der Waals surface area contributed by atoms with Crippen LogP contribution < -0.4 is 4.74 Å². The molecule has 47 heavy (non-hydrogen) atoms. The highest BCUT2D eigenvalue weighted by Crippen LogP contribution is 2.41. The van der Waals surface area contributed by atoms with Gasteiger partial charge >= 0.3 is 5.97 Å². The first-order valence-electron chi connectivity index (χ1n) is 16.2. The van der Waals surface area contributed by atoms with Crippen LogP contribution in [0.15, 0.2) is 67.0 Å². The summed E-state index contributed by atoms with van der Waals surface area (Å²) in [6.07, 6.45) is 7.34. The first-order chi connectivity index (χ1) is 22.4. The maximum Gasteiger partial charge on any atom is 0.306 e. The van der Waals surface area contributed by atoms with Gasteiger partial charge in [-0.15, -0.1) is 0 Å². The number of aryl methyl sites for hydroxylation is 1. The van der Waals surface area contributed by atoms with Crippen molar-refractivity contribution in [1.82, 2.24) is 15.0 Å². The van der Waals surface area contributed by atoms with Crippen LogP contribution in [0.1, 0.15) is 69.3 Å². The Hall–Kier alpha value is -4.11. The molecule has 3 N–H and O–H groups in total. The number of aromatic amines is 2. The predicted octanol–water partition coefficient (Wildman–Crippen LogP) is 9.68. The summed E-state index contributed by atoms with van der Waals surface area (Å²) in [5.41, 5.74) is 4.11. The average molecular weight is 658 g/mol. The molecule has 0 spiro atoms. The van der Waals surface area contributed by atoms with Crippen molar-refractivity contribution >= 4 is 28.6 Å². The monoisotopic (exact) mass is 657 g/mol. The van der Waals surface area contributed by atoms with E-state index in [4.69, 9.17) is 4.74 Å². The van der Waals surface area contributed by atoms with Crippen molar-refractivity contribution in [2.24, 2.45) is 11.3 Å². The number of hydrogen-bond donors (Lipinski definition) is 3. The van der Waals surface area contributed by atoms with Crippen LogP contribution in [0.5, 0.6) is 11.5 Å². The number of imidazole rings is 1.